The van der Waals surface area contributed by atoms with E-state index < -0.39 is 0 Å². The first-order valence-corrected chi connectivity index (χ1v) is 6.88. The fraction of sp³-hybridized carbons (Fsp3) is 0.462. The molecule has 1 saturated carbocycles. The summed E-state index contributed by atoms with van der Waals surface area (Å²) in [6.45, 7) is 1.01. The maximum absolute atomic E-state index is 9.16. The lowest BCUT2D eigenvalue weighted by molar-refractivity contribution is 0.333. The molecule has 0 aromatic heterocycles. The van der Waals surface area contributed by atoms with E-state index in [1.165, 1.54) is 19.3 Å². The highest BCUT2D eigenvalue weighted by Gasteiger charge is 2.17. The molecule has 1 aromatic rings. The van der Waals surface area contributed by atoms with Gasteiger partial charge < -0.3 is 5.32 Å². The van der Waals surface area contributed by atoms with Crippen LogP contribution < -0.4 is 5.32 Å². The Labute approximate surface area is 101 Å². The van der Waals surface area contributed by atoms with Crippen LogP contribution in [0.3, 0.4) is 0 Å². The minimum absolute atomic E-state index is 0.786. The van der Waals surface area contributed by atoms with Crippen LogP contribution >= 0.6 is 11.8 Å². The first kappa shape index (κ1) is 11.3. The Morgan fingerprint density at radius 2 is 2.31 bits per heavy atom. The van der Waals surface area contributed by atoms with Gasteiger partial charge in [0.15, 0.2) is 0 Å². The van der Waals surface area contributed by atoms with Crippen molar-refractivity contribution in [1.29, 1.82) is 5.26 Å². The summed E-state index contributed by atoms with van der Waals surface area (Å²) in [5.74, 6) is 0.810. The minimum atomic E-state index is 0.786. The Bertz CT molecular complexity index is 405. The van der Waals surface area contributed by atoms with Gasteiger partial charge in [-0.2, -0.15) is 5.26 Å². The molecule has 1 aliphatic carbocycles. The molecule has 16 heavy (non-hydrogen) atoms. The van der Waals surface area contributed by atoms with Gasteiger partial charge in [0.2, 0.25) is 0 Å². The van der Waals surface area contributed by atoms with Crippen LogP contribution in [-0.4, -0.2) is 12.8 Å². The van der Waals surface area contributed by atoms with Crippen LogP contribution in [0.4, 0.5) is 5.69 Å². The van der Waals surface area contributed by atoms with Crippen molar-refractivity contribution in [3.05, 3.63) is 23.8 Å². The molecule has 0 unspecified atom stereocenters. The molecule has 0 atom stereocenters. The molecule has 1 aromatic carbocycles. The molecule has 2 rings (SSSR count). The molecule has 1 N–H and O–H groups in total. The predicted molar refractivity (Wildman–Crippen MR) is 68.8 cm³/mol. The Hall–Kier alpha value is -1.14. The second kappa shape index (κ2) is 5.27. The summed E-state index contributed by atoms with van der Waals surface area (Å²) in [4.78, 5) is 1.06. The zero-order valence-electron chi connectivity index (χ0n) is 9.49. The number of benzene rings is 1. The summed E-state index contributed by atoms with van der Waals surface area (Å²) in [5.41, 5.74) is 1.77. The molecule has 1 fully saturated rings. The zero-order chi connectivity index (χ0) is 11.4. The summed E-state index contributed by atoms with van der Waals surface area (Å²) in [6, 6.07) is 8.30. The monoisotopic (exact) mass is 232 g/mol. The third-order valence-electron chi connectivity index (χ3n) is 3.16. The molecule has 0 aliphatic heterocycles. The second-order valence-electron chi connectivity index (χ2n) is 4.17. The van der Waals surface area contributed by atoms with E-state index in [1.54, 1.807) is 11.8 Å². The molecular weight excluding hydrogens is 216 g/mol. The van der Waals surface area contributed by atoms with Crippen LogP contribution in [0.1, 0.15) is 24.8 Å². The molecule has 3 heteroatoms. The lowest BCUT2D eigenvalue weighted by Gasteiger charge is -2.26. The molecule has 0 radical (unpaired) electrons. The molecule has 0 saturated heterocycles. The number of hydrogen-bond donors (Lipinski definition) is 1. The number of thioether (sulfide) groups is 1. The fourth-order valence-corrected chi connectivity index (χ4v) is 2.49. The highest BCUT2D eigenvalue weighted by molar-refractivity contribution is 7.98. The van der Waals surface area contributed by atoms with Gasteiger partial charge >= 0.3 is 0 Å². The standard InChI is InChI=1S/C13H16N2S/c1-16-13-7-3-6-12(11(13)8-14)15-9-10-4-2-5-10/h3,6-7,10,15H,2,4-5,9H2,1H3. The third-order valence-corrected chi connectivity index (χ3v) is 3.94. The van der Waals surface area contributed by atoms with Crippen molar-refractivity contribution in [1.82, 2.24) is 0 Å². The quantitative estimate of drug-likeness (QED) is 0.807. The van der Waals surface area contributed by atoms with E-state index in [4.69, 9.17) is 5.26 Å². The van der Waals surface area contributed by atoms with Gasteiger partial charge in [-0.05, 0) is 37.1 Å². The van der Waals surface area contributed by atoms with Crippen LogP contribution in [0, 0.1) is 17.2 Å². The number of nitrogens with zero attached hydrogens (tertiary/aromatic N) is 1. The van der Waals surface area contributed by atoms with Crippen LogP contribution in [0.25, 0.3) is 0 Å². The van der Waals surface area contributed by atoms with E-state index in [0.29, 0.717) is 0 Å². The molecule has 0 heterocycles. The van der Waals surface area contributed by atoms with E-state index >= 15 is 0 Å². The van der Waals surface area contributed by atoms with Crippen molar-refractivity contribution in [2.45, 2.75) is 24.2 Å². The normalized spacial score (nSPS) is 15.2. The van der Waals surface area contributed by atoms with Gasteiger partial charge in [0, 0.05) is 11.4 Å². The van der Waals surface area contributed by atoms with Crippen molar-refractivity contribution in [3.63, 3.8) is 0 Å². The van der Waals surface area contributed by atoms with E-state index in [0.717, 1.165) is 28.6 Å². The minimum Gasteiger partial charge on any atom is -0.384 e. The van der Waals surface area contributed by atoms with Crippen LogP contribution in [0.5, 0.6) is 0 Å². The maximum atomic E-state index is 9.16. The number of nitriles is 1. The van der Waals surface area contributed by atoms with Gasteiger partial charge in [0.25, 0.3) is 0 Å². The van der Waals surface area contributed by atoms with Crippen LogP contribution in [-0.2, 0) is 0 Å². The third kappa shape index (κ3) is 2.33. The largest absolute Gasteiger partial charge is 0.384 e. The van der Waals surface area contributed by atoms with Gasteiger partial charge in [-0.3, -0.25) is 0 Å². The summed E-state index contributed by atoms with van der Waals surface area (Å²) in [6.07, 6.45) is 6.03. The van der Waals surface area contributed by atoms with E-state index in [2.05, 4.69) is 11.4 Å². The van der Waals surface area contributed by atoms with Gasteiger partial charge in [-0.1, -0.05) is 12.5 Å². The molecule has 2 nitrogen and oxygen atoms in total. The SMILES string of the molecule is CSc1cccc(NCC2CCC2)c1C#N. The molecule has 84 valence electrons. The van der Waals surface area contributed by atoms with Crippen LogP contribution in [0.15, 0.2) is 23.1 Å². The lowest BCUT2D eigenvalue weighted by Crippen LogP contribution is -2.21. The number of hydrogen-bond acceptors (Lipinski definition) is 3. The average molecular weight is 232 g/mol. The van der Waals surface area contributed by atoms with E-state index in [9.17, 15) is 0 Å². The summed E-state index contributed by atoms with van der Waals surface area (Å²) < 4.78 is 0. The Morgan fingerprint density at radius 1 is 1.50 bits per heavy atom. The molecule has 1 aliphatic rings. The van der Waals surface area contributed by atoms with Crippen molar-refractivity contribution in [2.24, 2.45) is 5.92 Å². The van der Waals surface area contributed by atoms with Crippen molar-refractivity contribution >= 4 is 17.4 Å². The Morgan fingerprint density at radius 3 is 2.88 bits per heavy atom. The highest BCUT2D eigenvalue weighted by atomic mass is 32.2. The number of rotatable bonds is 4. The van der Waals surface area contributed by atoms with Gasteiger partial charge in [-0.15, -0.1) is 11.8 Å². The van der Waals surface area contributed by atoms with E-state index in [1.807, 2.05) is 24.5 Å². The van der Waals surface area contributed by atoms with Gasteiger partial charge in [0.1, 0.15) is 6.07 Å². The fourth-order valence-electron chi connectivity index (χ4n) is 1.92. The summed E-state index contributed by atoms with van der Waals surface area (Å²) >= 11 is 1.63. The predicted octanol–water partition coefficient (Wildman–Crippen LogP) is 3.49. The number of anilines is 1. The topological polar surface area (TPSA) is 35.8 Å². The molecule has 0 amide bonds. The van der Waals surface area contributed by atoms with Crippen LogP contribution in [0.2, 0.25) is 0 Å². The van der Waals surface area contributed by atoms with Crippen molar-refractivity contribution < 1.29 is 0 Å². The smallest absolute Gasteiger partial charge is 0.102 e. The lowest BCUT2D eigenvalue weighted by atomic mass is 9.85. The van der Waals surface area contributed by atoms with Crippen molar-refractivity contribution in [2.75, 3.05) is 18.1 Å². The van der Waals surface area contributed by atoms with E-state index in [-0.39, 0.29) is 0 Å². The second-order valence-corrected chi connectivity index (χ2v) is 5.02. The van der Waals surface area contributed by atoms with Crippen molar-refractivity contribution in [3.8, 4) is 6.07 Å². The molecular formula is C13H16N2S. The number of nitrogens with one attached hydrogen (secondary N) is 1. The molecule has 0 bridgehead atoms. The summed E-state index contributed by atoms with van der Waals surface area (Å²) in [7, 11) is 0. The van der Waals surface area contributed by atoms with Gasteiger partial charge in [0.05, 0.1) is 11.3 Å². The first-order valence-electron chi connectivity index (χ1n) is 5.66. The maximum Gasteiger partial charge on any atom is 0.102 e. The zero-order valence-corrected chi connectivity index (χ0v) is 10.3. The summed E-state index contributed by atoms with van der Waals surface area (Å²) in [5, 5.41) is 12.6. The van der Waals surface area contributed by atoms with Gasteiger partial charge in [-0.25, -0.2) is 0 Å². The Balaban J connectivity index is 2.09. The average Bonchev–Trinajstić information content (AvgIpc) is 2.26. The Kier molecular flexibility index (Phi) is 3.74. The first-order chi connectivity index (χ1) is 7.85. The molecule has 0 spiro atoms. The highest BCUT2D eigenvalue weighted by Crippen LogP contribution is 2.29.